The van der Waals surface area contributed by atoms with Crippen LogP contribution in [0.5, 0.6) is 0 Å². The molecule has 0 atom stereocenters. The Bertz CT molecular complexity index is 3540. The zero-order chi connectivity index (χ0) is 46.6. The number of aryl methyl sites for hydroxylation is 1. The van der Waals surface area contributed by atoms with Crippen LogP contribution in [0.4, 0.5) is 62.6 Å². The second kappa shape index (κ2) is 19.0. The molecule has 0 spiro atoms. The summed E-state index contributed by atoms with van der Waals surface area (Å²) in [4.78, 5) is 9.46. The number of hydrogen-bond donors (Lipinski definition) is 0. The fraction of sp³-hybridized carbons (Fsp3) is 0.0606. The summed E-state index contributed by atoms with van der Waals surface area (Å²) in [6.07, 6.45) is 15.7. The first-order valence-corrected chi connectivity index (χ1v) is 24.4. The highest BCUT2D eigenvalue weighted by molar-refractivity contribution is 5.91. The Morgan fingerprint density at radius 2 is 0.629 bits per heavy atom. The first kappa shape index (κ1) is 42.5. The van der Waals surface area contributed by atoms with Crippen LogP contribution in [0, 0.1) is 0 Å². The van der Waals surface area contributed by atoms with E-state index < -0.39 is 0 Å². The second-order valence-electron chi connectivity index (χ2n) is 18.1. The molecule has 0 fully saturated rings. The molecule has 0 unspecified atom stereocenters. The maximum absolute atomic E-state index is 2.39. The van der Waals surface area contributed by atoms with Crippen LogP contribution in [0.3, 0.4) is 0 Å². The van der Waals surface area contributed by atoms with Crippen molar-refractivity contribution in [1.29, 1.82) is 0 Å². The summed E-state index contributed by atoms with van der Waals surface area (Å²) >= 11 is 0. The molecular weight excluding hydrogens is 849 g/mol. The smallest absolute Gasteiger partial charge is 0.0468 e. The van der Waals surface area contributed by atoms with Gasteiger partial charge in [0.15, 0.2) is 0 Å². The lowest BCUT2D eigenvalue weighted by atomic mass is 9.96. The molecule has 0 amide bonds. The summed E-state index contributed by atoms with van der Waals surface area (Å²) in [6.45, 7) is 0. The molecule has 2 aliphatic rings. The van der Waals surface area contributed by atoms with Crippen molar-refractivity contribution < 1.29 is 0 Å². The zero-order valence-electron chi connectivity index (χ0n) is 39.0. The molecule has 0 bridgehead atoms. The van der Waals surface area contributed by atoms with Crippen LogP contribution < -0.4 is 19.6 Å². The summed E-state index contributed by atoms with van der Waals surface area (Å²) in [6, 6.07) is 86.0. The van der Waals surface area contributed by atoms with Crippen LogP contribution in [0.1, 0.15) is 30.4 Å². The third-order valence-corrected chi connectivity index (χ3v) is 13.6. The number of anilines is 11. The fourth-order valence-electron chi connectivity index (χ4n) is 10.1. The van der Waals surface area contributed by atoms with Gasteiger partial charge in [0.2, 0.25) is 0 Å². The van der Waals surface area contributed by atoms with Crippen molar-refractivity contribution in [2.45, 2.75) is 25.7 Å². The van der Waals surface area contributed by atoms with Crippen LogP contribution >= 0.6 is 0 Å². The Kier molecular flexibility index (Phi) is 11.6. The average Bonchev–Trinajstić information content (AvgIpc) is 3.43. The van der Waals surface area contributed by atoms with E-state index in [4.69, 9.17) is 0 Å². The molecule has 2 aliphatic carbocycles. The summed E-state index contributed by atoms with van der Waals surface area (Å²) in [7, 11) is 0. The molecular formula is C66H52N4. The van der Waals surface area contributed by atoms with Crippen molar-refractivity contribution >= 4 is 90.2 Å². The van der Waals surface area contributed by atoms with E-state index in [0.29, 0.717) is 0 Å². The van der Waals surface area contributed by atoms with Crippen LogP contribution in [-0.4, -0.2) is 0 Å². The molecule has 336 valence electrons. The monoisotopic (exact) mass is 900 g/mol. The van der Waals surface area contributed by atoms with Crippen molar-refractivity contribution in [3.8, 4) is 0 Å². The van der Waals surface area contributed by atoms with E-state index in [1.54, 1.807) is 0 Å². The molecule has 0 aliphatic heterocycles. The highest BCUT2D eigenvalue weighted by atomic mass is 15.2. The van der Waals surface area contributed by atoms with E-state index in [1.165, 1.54) is 38.4 Å². The molecule has 0 heterocycles. The molecule has 0 saturated carbocycles. The van der Waals surface area contributed by atoms with Crippen LogP contribution in [0.25, 0.3) is 27.6 Å². The Balaban J connectivity index is 0.954. The Hall–Kier alpha value is -8.86. The molecule has 10 aromatic carbocycles. The predicted octanol–water partition coefficient (Wildman–Crippen LogP) is 18.7. The Morgan fingerprint density at radius 3 is 1.11 bits per heavy atom. The average molecular weight is 901 g/mol. The van der Waals surface area contributed by atoms with Crippen LogP contribution in [0.15, 0.2) is 267 Å². The summed E-state index contributed by atoms with van der Waals surface area (Å²) in [5.74, 6) is 0. The lowest BCUT2D eigenvalue weighted by Gasteiger charge is -2.31. The molecule has 0 aromatic heterocycles. The lowest BCUT2D eigenvalue weighted by molar-refractivity contribution is 0.985. The molecule has 12 rings (SSSR count). The standard InChI is InChI=1S/C66H52N4/c1-4-22-55(23-5-1)68(64-31-28-49-16-10-13-19-52(49)46-64)61-40-34-58(35-41-61)67(59-36-42-62(43-37-59)69(56-24-6-2-7-25-56)65-32-29-50-17-11-14-20-53(50)47-65)60-38-44-63(45-39-60)70(57-26-8-3-9-27-57)66-33-30-51-18-12-15-21-54(51)48-66/h1-2,4-8,10,12-16,18-48H,3,9,11,17H2. The maximum Gasteiger partial charge on any atom is 0.0468 e. The van der Waals surface area contributed by atoms with E-state index >= 15 is 0 Å². The maximum atomic E-state index is 2.39. The minimum atomic E-state index is 1.02. The van der Waals surface area contributed by atoms with E-state index in [1.807, 2.05) is 0 Å². The molecule has 0 N–H and O–H groups in total. The summed E-state index contributed by atoms with van der Waals surface area (Å²) in [5.41, 5.74) is 15.9. The largest absolute Gasteiger partial charge is 0.311 e. The van der Waals surface area contributed by atoms with Crippen molar-refractivity contribution in [3.05, 3.63) is 278 Å². The van der Waals surface area contributed by atoms with Gasteiger partial charge in [0.1, 0.15) is 0 Å². The van der Waals surface area contributed by atoms with E-state index in [2.05, 4.69) is 287 Å². The number of hydrogen-bond acceptors (Lipinski definition) is 4. The number of nitrogens with zero attached hydrogens (tertiary/aromatic N) is 4. The number of benzene rings is 10. The molecule has 0 radical (unpaired) electrons. The Morgan fingerprint density at radius 1 is 0.257 bits per heavy atom. The lowest BCUT2D eigenvalue weighted by Crippen LogP contribution is -2.17. The van der Waals surface area contributed by atoms with Gasteiger partial charge in [-0.15, -0.1) is 0 Å². The van der Waals surface area contributed by atoms with Crippen LogP contribution in [-0.2, 0) is 6.42 Å². The number of rotatable bonds is 12. The predicted molar refractivity (Wildman–Crippen MR) is 298 cm³/mol. The van der Waals surface area contributed by atoms with Gasteiger partial charge in [0.25, 0.3) is 0 Å². The van der Waals surface area contributed by atoms with Crippen molar-refractivity contribution in [2.75, 3.05) is 19.6 Å². The number of allylic oxidation sites excluding steroid dienone is 4. The minimum absolute atomic E-state index is 1.02. The summed E-state index contributed by atoms with van der Waals surface area (Å²) in [5, 5.41) is 4.89. The van der Waals surface area contributed by atoms with Gasteiger partial charge in [-0.05, 0) is 198 Å². The van der Waals surface area contributed by atoms with Gasteiger partial charge >= 0.3 is 0 Å². The fourth-order valence-corrected chi connectivity index (χ4v) is 10.1. The molecule has 70 heavy (non-hydrogen) atoms. The molecule has 4 heteroatoms. The van der Waals surface area contributed by atoms with Crippen LogP contribution in [0.2, 0.25) is 0 Å². The first-order valence-electron chi connectivity index (χ1n) is 24.4. The van der Waals surface area contributed by atoms with Gasteiger partial charge in [-0.1, -0.05) is 127 Å². The molecule has 0 saturated heterocycles. The van der Waals surface area contributed by atoms with E-state index in [0.717, 1.165) is 88.2 Å². The molecule has 4 nitrogen and oxygen atoms in total. The van der Waals surface area contributed by atoms with Gasteiger partial charge in [-0.3, -0.25) is 0 Å². The highest BCUT2D eigenvalue weighted by Crippen LogP contribution is 2.43. The third-order valence-electron chi connectivity index (χ3n) is 13.6. The van der Waals surface area contributed by atoms with Gasteiger partial charge in [0, 0.05) is 68.3 Å². The number of fused-ring (bicyclic) bond motifs is 3. The number of para-hydroxylation sites is 2. The summed E-state index contributed by atoms with van der Waals surface area (Å²) < 4.78 is 0. The quantitative estimate of drug-likeness (QED) is 0.121. The zero-order valence-corrected chi connectivity index (χ0v) is 39.0. The van der Waals surface area contributed by atoms with Crippen molar-refractivity contribution in [1.82, 2.24) is 0 Å². The van der Waals surface area contributed by atoms with Gasteiger partial charge in [0.05, 0.1) is 0 Å². The van der Waals surface area contributed by atoms with Gasteiger partial charge in [-0.25, -0.2) is 0 Å². The minimum Gasteiger partial charge on any atom is -0.311 e. The third kappa shape index (κ3) is 8.52. The Labute approximate surface area is 411 Å². The van der Waals surface area contributed by atoms with Gasteiger partial charge < -0.3 is 19.6 Å². The van der Waals surface area contributed by atoms with E-state index in [9.17, 15) is 0 Å². The van der Waals surface area contributed by atoms with Gasteiger partial charge in [-0.2, -0.15) is 0 Å². The second-order valence-corrected chi connectivity index (χ2v) is 18.1. The van der Waals surface area contributed by atoms with Crippen molar-refractivity contribution in [3.63, 3.8) is 0 Å². The normalized spacial score (nSPS) is 12.9. The first-order chi connectivity index (χ1) is 34.7. The molecule has 10 aromatic rings. The SMILES string of the molecule is C1=CC(N(c2ccc(N(c3ccc(N(c4ccccc4)c4ccc5c(c4)C=CCC5)cc3)c3ccc(N(c4ccccc4)c4ccc5ccccc5c4)cc3)cc2)c2ccc3ccccc3c2)=CCC1. The topological polar surface area (TPSA) is 13.0 Å². The highest BCUT2D eigenvalue weighted by Gasteiger charge is 2.21. The van der Waals surface area contributed by atoms with E-state index in [-0.39, 0.29) is 0 Å². The van der Waals surface area contributed by atoms with Crippen molar-refractivity contribution in [2.24, 2.45) is 0 Å².